The molecule has 8 heteroatoms. The Morgan fingerprint density at radius 3 is 2.66 bits per heavy atom. The Morgan fingerprint density at radius 2 is 1.90 bits per heavy atom. The summed E-state index contributed by atoms with van der Waals surface area (Å²) >= 11 is 0. The van der Waals surface area contributed by atoms with Crippen molar-refractivity contribution < 1.29 is 27.1 Å². The first-order valence-electron chi connectivity index (χ1n) is 8.96. The summed E-state index contributed by atoms with van der Waals surface area (Å²) in [4.78, 5) is 16.3. The average Bonchev–Trinajstić information content (AvgIpc) is 3.15. The highest BCUT2D eigenvalue weighted by molar-refractivity contribution is 5.76. The van der Waals surface area contributed by atoms with Crippen LogP contribution >= 0.6 is 0 Å². The van der Waals surface area contributed by atoms with Gasteiger partial charge in [-0.05, 0) is 25.1 Å². The van der Waals surface area contributed by atoms with Crippen LogP contribution in [0, 0.1) is 5.82 Å². The smallest absolute Gasteiger partial charge is 0.387 e. The number of halogens is 3. The molecule has 0 saturated heterocycles. The molecule has 3 aromatic rings. The Labute approximate surface area is 165 Å². The molecule has 2 aromatic carbocycles. The number of ether oxygens (including phenoxy) is 1. The number of aromatic nitrogens is 1. The number of carbonyl (C=O) groups is 1. The number of rotatable bonds is 8. The summed E-state index contributed by atoms with van der Waals surface area (Å²) in [6, 6.07) is 11.9. The third-order valence-corrected chi connectivity index (χ3v) is 4.24. The van der Waals surface area contributed by atoms with E-state index in [1.54, 1.807) is 43.3 Å². The molecule has 0 bridgehead atoms. The maximum Gasteiger partial charge on any atom is 0.387 e. The standard InChI is InChI=1S/C21H19F3N2O3/c1-13(14-6-3-5-9-17(14)29-21(23)24)26-19(27)10-11-20-25-12-18(28-20)15-7-2-4-8-16(15)22/h2-9,12-13,21H,10-11H2,1H3,(H,26,27)/t13-/m1/s1. The molecule has 3 rings (SSSR count). The van der Waals surface area contributed by atoms with Gasteiger partial charge in [0.2, 0.25) is 5.91 Å². The van der Waals surface area contributed by atoms with Crippen LogP contribution in [-0.4, -0.2) is 17.5 Å². The van der Waals surface area contributed by atoms with Crippen molar-refractivity contribution in [1.29, 1.82) is 0 Å². The van der Waals surface area contributed by atoms with Crippen LogP contribution in [0.4, 0.5) is 13.2 Å². The highest BCUT2D eigenvalue weighted by atomic mass is 19.3. The molecule has 1 heterocycles. The largest absolute Gasteiger partial charge is 0.441 e. The zero-order valence-electron chi connectivity index (χ0n) is 15.6. The normalized spacial score (nSPS) is 12.0. The number of carbonyl (C=O) groups excluding carboxylic acids is 1. The lowest BCUT2D eigenvalue weighted by atomic mass is 10.1. The van der Waals surface area contributed by atoms with Crippen LogP contribution in [0.3, 0.4) is 0 Å². The van der Waals surface area contributed by atoms with Crippen molar-refractivity contribution >= 4 is 5.91 Å². The Morgan fingerprint density at radius 1 is 1.17 bits per heavy atom. The third kappa shape index (κ3) is 5.37. The van der Waals surface area contributed by atoms with Crippen molar-refractivity contribution in [2.75, 3.05) is 0 Å². The Bertz CT molecular complexity index is 975. The first kappa shape index (κ1) is 20.4. The van der Waals surface area contributed by atoms with Gasteiger partial charge in [0.1, 0.15) is 11.6 Å². The first-order chi connectivity index (χ1) is 13.9. The Balaban J connectivity index is 1.58. The lowest BCUT2D eigenvalue weighted by Gasteiger charge is -2.18. The highest BCUT2D eigenvalue weighted by Gasteiger charge is 2.17. The number of alkyl halides is 2. The maximum absolute atomic E-state index is 13.8. The first-order valence-corrected chi connectivity index (χ1v) is 8.96. The van der Waals surface area contributed by atoms with Gasteiger partial charge < -0.3 is 14.5 Å². The molecule has 0 fully saturated rings. The molecule has 1 aromatic heterocycles. The van der Waals surface area contributed by atoms with Crippen LogP contribution in [0.1, 0.15) is 30.8 Å². The second-order valence-electron chi connectivity index (χ2n) is 6.30. The molecule has 0 radical (unpaired) electrons. The molecule has 1 amide bonds. The summed E-state index contributed by atoms with van der Waals surface area (Å²) in [5, 5.41) is 2.73. The fraction of sp³-hybridized carbons (Fsp3) is 0.238. The van der Waals surface area contributed by atoms with Crippen molar-refractivity contribution in [3.8, 4) is 17.1 Å². The van der Waals surface area contributed by atoms with E-state index in [-0.39, 0.29) is 30.3 Å². The van der Waals surface area contributed by atoms with Crippen LogP contribution in [0.15, 0.2) is 59.1 Å². The molecule has 0 aliphatic rings. The van der Waals surface area contributed by atoms with E-state index in [1.807, 2.05) is 0 Å². The number of aryl methyl sites for hydroxylation is 1. The molecule has 1 atom stereocenters. The molecule has 0 aliphatic heterocycles. The number of hydrogen-bond acceptors (Lipinski definition) is 4. The minimum atomic E-state index is -2.95. The van der Waals surface area contributed by atoms with Crippen LogP contribution in [-0.2, 0) is 11.2 Å². The zero-order valence-corrected chi connectivity index (χ0v) is 15.6. The minimum Gasteiger partial charge on any atom is -0.441 e. The lowest BCUT2D eigenvalue weighted by molar-refractivity contribution is -0.121. The number of amides is 1. The van der Waals surface area contributed by atoms with Gasteiger partial charge >= 0.3 is 6.61 Å². The molecule has 5 nitrogen and oxygen atoms in total. The number of nitrogens with zero attached hydrogens (tertiary/aromatic N) is 1. The van der Waals surface area contributed by atoms with E-state index in [0.717, 1.165) is 0 Å². The van der Waals surface area contributed by atoms with Crippen molar-refractivity contribution in [2.24, 2.45) is 0 Å². The van der Waals surface area contributed by atoms with E-state index in [1.165, 1.54) is 18.3 Å². The number of para-hydroxylation sites is 1. The van der Waals surface area contributed by atoms with Crippen molar-refractivity contribution in [3.05, 3.63) is 72.0 Å². The van der Waals surface area contributed by atoms with Crippen molar-refractivity contribution in [2.45, 2.75) is 32.4 Å². The van der Waals surface area contributed by atoms with Gasteiger partial charge in [-0.25, -0.2) is 9.37 Å². The zero-order chi connectivity index (χ0) is 20.8. The van der Waals surface area contributed by atoms with E-state index in [0.29, 0.717) is 17.0 Å². The summed E-state index contributed by atoms with van der Waals surface area (Å²) in [6.07, 6.45) is 1.69. The Hall–Kier alpha value is -3.29. The fourth-order valence-corrected chi connectivity index (χ4v) is 2.86. The van der Waals surface area contributed by atoms with Crippen LogP contribution < -0.4 is 10.1 Å². The van der Waals surface area contributed by atoms with E-state index in [2.05, 4.69) is 15.0 Å². The minimum absolute atomic E-state index is 0.0116. The summed E-state index contributed by atoms with van der Waals surface area (Å²) in [5.74, 6) is -0.142. The molecule has 152 valence electrons. The van der Waals surface area contributed by atoms with E-state index >= 15 is 0 Å². The maximum atomic E-state index is 13.8. The van der Waals surface area contributed by atoms with E-state index in [9.17, 15) is 18.0 Å². The monoisotopic (exact) mass is 404 g/mol. The summed E-state index contributed by atoms with van der Waals surface area (Å²) in [6.45, 7) is -1.28. The van der Waals surface area contributed by atoms with E-state index in [4.69, 9.17) is 4.42 Å². The third-order valence-electron chi connectivity index (χ3n) is 4.24. The topological polar surface area (TPSA) is 64.4 Å². The SMILES string of the molecule is C[C@@H](NC(=O)CCc1ncc(-c2ccccc2F)o1)c1ccccc1OC(F)F. The van der Waals surface area contributed by atoms with Gasteiger partial charge in [0.05, 0.1) is 17.8 Å². The number of hydrogen-bond donors (Lipinski definition) is 1. The van der Waals surface area contributed by atoms with Crippen LogP contribution in [0.2, 0.25) is 0 Å². The molecular formula is C21H19F3N2O3. The predicted molar refractivity (Wildman–Crippen MR) is 99.8 cm³/mol. The van der Waals surface area contributed by atoms with Gasteiger partial charge in [0.25, 0.3) is 0 Å². The second kappa shape index (κ2) is 9.27. The van der Waals surface area contributed by atoms with Gasteiger partial charge in [-0.3, -0.25) is 4.79 Å². The molecule has 1 N–H and O–H groups in total. The van der Waals surface area contributed by atoms with Gasteiger partial charge in [0, 0.05) is 18.4 Å². The van der Waals surface area contributed by atoms with Gasteiger partial charge in [-0.2, -0.15) is 8.78 Å². The Kier molecular flexibility index (Phi) is 6.54. The molecular weight excluding hydrogens is 385 g/mol. The number of oxazole rings is 1. The van der Waals surface area contributed by atoms with Gasteiger partial charge in [-0.1, -0.05) is 30.3 Å². The summed E-state index contributed by atoms with van der Waals surface area (Å²) in [7, 11) is 0. The average molecular weight is 404 g/mol. The van der Waals surface area contributed by atoms with Crippen LogP contribution in [0.5, 0.6) is 5.75 Å². The van der Waals surface area contributed by atoms with E-state index < -0.39 is 18.5 Å². The van der Waals surface area contributed by atoms with Crippen LogP contribution in [0.25, 0.3) is 11.3 Å². The molecule has 0 spiro atoms. The quantitative estimate of drug-likeness (QED) is 0.581. The molecule has 0 aliphatic carbocycles. The fourth-order valence-electron chi connectivity index (χ4n) is 2.86. The molecule has 29 heavy (non-hydrogen) atoms. The van der Waals surface area contributed by atoms with Gasteiger partial charge in [-0.15, -0.1) is 0 Å². The van der Waals surface area contributed by atoms with Gasteiger partial charge in [0.15, 0.2) is 11.7 Å². The summed E-state index contributed by atoms with van der Waals surface area (Å²) < 4.78 is 48.9. The highest BCUT2D eigenvalue weighted by Crippen LogP contribution is 2.27. The van der Waals surface area contributed by atoms with Crippen molar-refractivity contribution in [1.82, 2.24) is 10.3 Å². The number of benzene rings is 2. The number of nitrogens with one attached hydrogen (secondary N) is 1. The molecule has 0 saturated carbocycles. The predicted octanol–water partition coefficient (Wildman–Crippen LogP) is 4.89. The second-order valence-corrected chi connectivity index (χ2v) is 6.30. The van der Waals surface area contributed by atoms with Crippen molar-refractivity contribution in [3.63, 3.8) is 0 Å². The summed E-state index contributed by atoms with van der Waals surface area (Å²) in [5.41, 5.74) is 0.735. The molecule has 0 unspecified atom stereocenters. The lowest BCUT2D eigenvalue weighted by Crippen LogP contribution is -2.27.